The van der Waals surface area contributed by atoms with Crippen molar-refractivity contribution in [2.45, 2.75) is 13.3 Å². The van der Waals surface area contributed by atoms with Crippen molar-refractivity contribution in [3.05, 3.63) is 41.3 Å². The van der Waals surface area contributed by atoms with E-state index >= 15 is 0 Å². The predicted molar refractivity (Wildman–Crippen MR) is 71.2 cm³/mol. The summed E-state index contributed by atoms with van der Waals surface area (Å²) >= 11 is 0. The average Bonchev–Trinajstić information content (AvgIpc) is 2.36. The molecule has 0 bridgehead atoms. The molecular weight excluding hydrogens is 252 g/mol. The molecule has 0 aliphatic heterocycles. The van der Waals surface area contributed by atoms with Gasteiger partial charge in [0.15, 0.2) is 0 Å². The van der Waals surface area contributed by atoms with Gasteiger partial charge in [0.05, 0.1) is 5.41 Å². The van der Waals surface area contributed by atoms with Crippen molar-refractivity contribution in [3.63, 3.8) is 0 Å². The second kappa shape index (κ2) is 6.20. The van der Waals surface area contributed by atoms with Gasteiger partial charge in [0, 0.05) is 7.05 Å². The van der Waals surface area contributed by atoms with Crippen molar-refractivity contribution >= 4 is 21.6 Å². The number of amides is 2. The summed E-state index contributed by atoms with van der Waals surface area (Å²) < 4.78 is 25.3. The van der Waals surface area contributed by atoms with Gasteiger partial charge in [0.2, 0.25) is 0 Å². The average molecular weight is 268 g/mol. The number of carbonyl (C=O) groups excluding carboxylic acids is 1. The minimum Gasteiger partial charge on any atom is -0.340 e. The molecule has 0 aliphatic carbocycles. The molecule has 0 aliphatic rings. The quantitative estimate of drug-likeness (QED) is 0.872. The van der Waals surface area contributed by atoms with Crippen molar-refractivity contribution in [1.29, 1.82) is 0 Å². The molecular formula is C12H16N2O3S. The van der Waals surface area contributed by atoms with Crippen LogP contribution in [0.5, 0.6) is 0 Å². The normalized spacial score (nSPS) is 12.0. The summed E-state index contributed by atoms with van der Waals surface area (Å²) in [7, 11) is -2.42. The van der Waals surface area contributed by atoms with Gasteiger partial charge in [-0.05, 0) is 17.6 Å². The number of benzene rings is 1. The summed E-state index contributed by atoms with van der Waals surface area (Å²) in [4.78, 5) is 11.0. The highest BCUT2D eigenvalue weighted by Crippen LogP contribution is 2.18. The van der Waals surface area contributed by atoms with Crippen molar-refractivity contribution in [1.82, 2.24) is 10.0 Å². The van der Waals surface area contributed by atoms with Crippen LogP contribution in [0.25, 0.3) is 5.57 Å². The van der Waals surface area contributed by atoms with Crippen LogP contribution in [0.4, 0.5) is 4.79 Å². The van der Waals surface area contributed by atoms with Crippen molar-refractivity contribution in [2.75, 3.05) is 7.05 Å². The molecule has 1 rings (SSSR count). The number of urea groups is 1. The molecule has 0 radical (unpaired) electrons. The largest absolute Gasteiger partial charge is 0.340 e. The molecule has 0 saturated heterocycles. The van der Waals surface area contributed by atoms with Gasteiger partial charge in [-0.15, -0.1) is 0 Å². The van der Waals surface area contributed by atoms with E-state index in [0.717, 1.165) is 11.0 Å². The summed E-state index contributed by atoms with van der Waals surface area (Å²) in [6, 6.07) is 8.41. The van der Waals surface area contributed by atoms with Crippen LogP contribution in [0.15, 0.2) is 35.7 Å². The number of sulfonamides is 1. The van der Waals surface area contributed by atoms with Gasteiger partial charge in [-0.2, -0.15) is 0 Å². The van der Waals surface area contributed by atoms with Gasteiger partial charge < -0.3 is 5.32 Å². The Morgan fingerprint density at radius 2 is 1.89 bits per heavy atom. The maximum absolute atomic E-state index is 11.7. The van der Waals surface area contributed by atoms with Gasteiger partial charge in [-0.25, -0.2) is 17.9 Å². The second-order valence-electron chi connectivity index (χ2n) is 3.59. The zero-order valence-electron chi connectivity index (χ0n) is 10.3. The predicted octanol–water partition coefficient (Wildman–Crippen LogP) is 1.70. The van der Waals surface area contributed by atoms with Gasteiger partial charge >= 0.3 is 6.03 Å². The van der Waals surface area contributed by atoms with E-state index in [1.54, 1.807) is 0 Å². The topological polar surface area (TPSA) is 75.3 Å². The smallest absolute Gasteiger partial charge is 0.328 e. The molecule has 98 valence electrons. The maximum atomic E-state index is 11.7. The Morgan fingerprint density at radius 3 is 2.39 bits per heavy atom. The second-order valence-corrected chi connectivity index (χ2v) is 5.12. The molecule has 6 heteroatoms. The van der Waals surface area contributed by atoms with E-state index in [4.69, 9.17) is 0 Å². The summed E-state index contributed by atoms with van der Waals surface area (Å²) in [5.41, 5.74) is 1.47. The lowest BCUT2D eigenvalue weighted by atomic mass is 10.1. The van der Waals surface area contributed by atoms with E-state index in [0.29, 0.717) is 12.0 Å². The van der Waals surface area contributed by atoms with Crippen LogP contribution in [-0.4, -0.2) is 21.5 Å². The first-order valence-electron chi connectivity index (χ1n) is 5.49. The fourth-order valence-corrected chi connectivity index (χ4v) is 2.50. The molecule has 2 amide bonds. The van der Waals surface area contributed by atoms with Crippen LogP contribution in [0.3, 0.4) is 0 Å². The summed E-state index contributed by atoms with van der Waals surface area (Å²) in [5, 5.41) is 3.27. The molecule has 0 atom stereocenters. The summed E-state index contributed by atoms with van der Waals surface area (Å²) in [5.74, 6) is 0. The molecule has 2 N–H and O–H groups in total. The molecule has 0 aromatic heterocycles. The van der Waals surface area contributed by atoms with E-state index < -0.39 is 16.1 Å². The van der Waals surface area contributed by atoms with Crippen LogP contribution < -0.4 is 10.0 Å². The maximum Gasteiger partial charge on any atom is 0.328 e. The minimum absolute atomic E-state index is 0.554. The monoisotopic (exact) mass is 268 g/mol. The molecule has 0 spiro atoms. The standard InChI is InChI=1S/C12H16N2O3S/c1-3-10(11-7-5-4-6-8-11)9-18(16,17)14-12(15)13-2/h4-9H,3H2,1-2H3,(H2,13,14,15)/b10-9-. The lowest BCUT2D eigenvalue weighted by molar-refractivity contribution is 0.248. The Morgan fingerprint density at radius 1 is 1.28 bits per heavy atom. The fourth-order valence-electron chi connectivity index (χ4n) is 1.40. The lowest BCUT2D eigenvalue weighted by Crippen LogP contribution is -2.36. The first kappa shape index (κ1) is 14.2. The number of nitrogens with one attached hydrogen (secondary N) is 2. The molecule has 5 nitrogen and oxygen atoms in total. The third-order valence-electron chi connectivity index (χ3n) is 2.28. The highest BCUT2D eigenvalue weighted by Gasteiger charge is 2.12. The minimum atomic E-state index is -3.78. The SMILES string of the molecule is CC/C(=C/S(=O)(=O)NC(=O)NC)c1ccccc1. The van der Waals surface area contributed by atoms with E-state index in [1.165, 1.54) is 7.05 Å². The first-order valence-corrected chi connectivity index (χ1v) is 7.03. The Kier molecular flexibility index (Phi) is 4.91. The van der Waals surface area contributed by atoms with Gasteiger partial charge in [0.25, 0.3) is 10.0 Å². The molecule has 0 heterocycles. The highest BCUT2D eigenvalue weighted by atomic mass is 32.2. The molecule has 0 unspecified atom stereocenters. The zero-order chi connectivity index (χ0) is 13.6. The van der Waals surface area contributed by atoms with Gasteiger partial charge in [0.1, 0.15) is 0 Å². The number of hydrogen-bond donors (Lipinski definition) is 2. The molecule has 0 saturated carbocycles. The van der Waals surface area contributed by atoms with E-state index in [-0.39, 0.29) is 0 Å². The van der Waals surface area contributed by atoms with Crippen molar-refractivity contribution in [2.24, 2.45) is 0 Å². The Hall–Kier alpha value is -1.82. The van der Waals surface area contributed by atoms with Crippen molar-refractivity contribution < 1.29 is 13.2 Å². The van der Waals surface area contributed by atoms with Crippen molar-refractivity contribution in [3.8, 4) is 0 Å². The third kappa shape index (κ3) is 4.21. The van der Waals surface area contributed by atoms with Gasteiger partial charge in [-0.3, -0.25) is 0 Å². The Labute approximate surface area is 107 Å². The fraction of sp³-hybridized carbons (Fsp3) is 0.250. The van der Waals surface area contributed by atoms with Crippen LogP contribution in [0.2, 0.25) is 0 Å². The van der Waals surface area contributed by atoms with E-state index in [1.807, 2.05) is 42.0 Å². The molecule has 1 aromatic carbocycles. The third-order valence-corrected chi connectivity index (χ3v) is 3.35. The van der Waals surface area contributed by atoms with Crippen LogP contribution in [0.1, 0.15) is 18.9 Å². The van der Waals surface area contributed by atoms with Crippen LogP contribution >= 0.6 is 0 Å². The molecule has 0 fully saturated rings. The number of rotatable bonds is 4. The molecule has 18 heavy (non-hydrogen) atoms. The lowest BCUT2D eigenvalue weighted by Gasteiger charge is -2.06. The number of carbonyl (C=O) groups is 1. The molecule has 1 aromatic rings. The summed E-state index contributed by atoms with van der Waals surface area (Å²) in [6.07, 6.45) is 0.554. The van der Waals surface area contributed by atoms with Crippen LogP contribution in [-0.2, 0) is 10.0 Å². The Balaban J connectivity index is 3.02. The Bertz CT molecular complexity index is 536. The van der Waals surface area contributed by atoms with E-state index in [9.17, 15) is 13.2 Å². The first-order chi connectivity index (χ1) is 8.48. The number of allylic oxidation sites excluding steroid dienone is 1. The summed E-state index contributed by atoms with van der Waals surface area (Å²) in [6.45, 7) is 1.86. The number of hydrogen-bond acceptors (Lipinski definition) is 3. The van der Waals surface area contributed by atoms with Crippen LogP contribution in [0, 0.1) is 0 Å². The van der Waals surface area contributed by atoms with E-state index in [2.05, 4.69) is 5.32 Å². The van der Waals surface area contributed by atoms with Gasteiger partial charge in [-0.1, -0.05) is 37.3 Å². The highest BCUT2D eigenvalue weighted by molar-refractivity contribution is 7.93. The zero-order valence-corrected chi connectivity index (χ0v) is 11.1.